The highest BCUT2D eigenvalue weighted by molar-refractivity contribution is 6.46. The van der Waals surface area contributed by atoms with Gasteiger partial charge in [-0.3, -0.25) is 9.59 Å². The maximum atomic E-state index is 13.0. The van der Waals surface area contributed by atoms with E-state index < -0.39 is 17.7 Å². The van der Waals surface area contributed by atoms with Gasteiger partial charge in [0.1, 0.15) is 34.8 Å². The summed E-state index contributed by atoms with van der Waals surface area (Å²) in [6.07, 6.45) is 0.535. The van der Waals surface area contributed by atoms with Crippen molar-refractivity contribution in [3.8, 4) is 11.5 Å². The van der Waals surface area contributed by atoms with Crippen molar-refractivity contribution in [3.63, 3.8) is 0 Å². The number of likely N-dealkylation sites (tertiary alicyclic amines) is 1. The second-order valence-electron chi connectivity index (χ2n) is 7.31. The Morgan fingerprint density at radius 3 is 2.50 bits per heavy atom. The molecule has 32 heavy (non-hydrogen) atoms. The van der Waals surface area contributed by atoms with Gasteiger partial charge in [-0.15, -0.1) is 0 Å². The van der Waals surface area contributed by atoms with Crippen LogP contribution in [0.1, 0.15) is 43.4 Å². The molecule has 0 bridgehead atoms. The van der Waals surface area contributed by atoms with Crippen LogP contribution < -0.4 is 9.47 Å². The number of carbonyl (C=O) groups excluding carboxylic acids is 2. The van der Waals surface area contributed by atoms with Gasteiger partial charge in [-0.1, -0.05) is 0 Å². The van der Waals surface area contributed by atoms with E-state index in [1.807, 2.05) is 13.8 Å². The molecule has 1 aliphatic heterocycles. The van der Waals surface area contributed by atoms with E-state index in [-0.39, 0.29) is 17.9 Å². The lowest BCUT2D eigenvalue weighted by Crippen LogP contribution is -2.31. The second kappa shape index (κ2) is 10.4. The van der Waals surface area contributed by atoms with Gasteiger partial charge < -0.3 is 28.6 Å². The Balaban J connectivity index is 2.13. The van der Waals surface area contributed by atoms with Gasteiger partial charge in [0.2, 0.25) is 0 Å². The average Bonchev–Trinajstić information content (AvgIpc) is 3.30. The van der Waals surface area contributed by atoms with Crippen LogP contribution in [-0.4, -0.2) is 55.2 Å². The summed E-state index contributed by atoms with van der Waals surface area (Å²) in [5, 5.41) is 11.3. The van der Waals surface area contributed by atoms with Gasteiger partial charge in [0, 0.05) is 26.3 Å². The van der Waals surface area contributed by atoms with Crippen molar-refractivity contribution < 1.29 is 33.3 Å². The van der Waals surface area contributed by atoms with Crippen molar-refractivity contribution in [3.05, 3.63) is 53.0 Å². The summed E-state index contributed by atoms with van der Waals surface area (Å²) in [4.78, 5) is 27.3. The molecule has 0 aliphatic carbocycles. The number of aryl methyl sites for hydroxylation is 1. The Kier molecular flexibility index (Phi) is 7.58. The fraction of sp³-hybridized carbons (Fsp3) is 0.417. The fourth-order valence-electron chi connectivity index (χ4n) is 3.76. The highest BCUT2D eigenvalue weighted by atomic mass is 16.5. The molecule has 1 amide bonds. The summed E-state index contributed by atoms with van der Waals surface area (Å²) in [5.74, 6) is 0.203. The van der Waals surface area contributed by atoms with Crippen molar-refractivity contribution >= 4 is 17.4 Å². The monoisotopic (exact) mass is 443 g/mol. The summed E-state index contributed by atoms with van der Waals surface area (Å²) < 4.78 is 22.1. The number of amides is 1. The quantitative estimate of drug-likeness (QED) is 0.258. The van der Waals surface area contributed by atoms with Crippen LogP contribution in [0, 0.1) is 6.92 Å². The van der Waals surface area contributed by atoms with E-state index in [1.165, 1.54) is 4.90 Å². The smallest absolute Gasteiger partial charge is 0.295 e. The number of aliphatic hydroxyl groups excluding tert-OH is 1. The zero-order valence-corrected chi connectivity index (χ0v) is 18.8. The first-order chi connectivity index (χ1) is 15.4. The first-order valence-electron chi connectivity index (χ1n) is 10.7. The van der Waals surface area contributed by atoms with Gasteiger partial charge >= 0.3 is 0 Å². The van der Waals surface area contributed by atoms with Crippen molar-refractivity contribution in [2.24, 2.45) is 0 Å². The SMILES string of the molecule is CCOc1ccc(/C(O)=C2/C(=O)C(=O)N(CCCOC)C2c2ccc(C)o2)c(OCC)c1. The predicted octanol–water partition coefficient (Wildman–Crippen LogP) is 3.84. The summed E-state index contributed by atoms with van der Waals surface area (Å²) in [7, 11) is 1.57. The standard InChI is InChI=1S/C24H29NO7/c1-5-30-16-9-10-17(19(14-16)31-6-2)22(26)20-21(18-11-8-15(3)32-18)25(12-7-13-29-4)24(28)23(20)27/h8-11,14,21,26H,5-7,12-13H2,1-4H3/b22-20-. The van der Waals surface area contributed by atoms with Gasteiger partial charge in [-0.2, -0.15) is 0 Å². The first-order valence-corrected chi connectivity index (χ1v) is 10.7. The molecule has 1 aromatic carbocycles. The zero-order valence-electron chi connectivity index (χ0n) is 18.8. The Morgan fingerprint density at radius 1 is 1.12 bits per heavy atom. The summed E-state index contributed by atoms with van der Waals surface area (Å²) in [5.41, 5.74) is 0.269. The Bertz CT molecular complexity index is 1010. The molecule has 8 nitrogen and oxygen atoms in total. The molecule has 1 N–H and O–H groups in total. The predicted molar refractivity (Wildman–Crippen MR) is 118 cm³/mol. The molecule has 1 unspecified atom stereocenters. The molecular weight excluding hydrogens is 414 g/mol. The summed E-state index contributed by atoms with van der Waals surface area (Å²) >= 11 is 0. The molecular formula is C24H29NO7. The fourth-order valence-corrected chi connectivity index (χ4v) is 3.76. The lowest BCUT2D eigenvalue weighted by Gasteiger charge is -2.23. The number of hydrogen-bond donors (Lipinski definition) is 1. The van der Waals surface area contributed by atoms with E-state index >= 15 is 0 Å². The minimum Gasteiger partial charge on any atom is -0.507 e. The van der Waals surface area contributed by atoms with Crippen molar-refractivity contribution in [2.45, 2.75) is 33.2 Å². The van der Waals surface area contributed by atoms with Crippen LogP contribution >= 0.6 is 0 Å². The molecule has 1 fully saturated rings. The van der Waals surface area contributed by atoms with E-state index in [2.05, 4.69) is 0 Å². The number of carbonyl (C=O) groups is 2. The number of methoxy groups -OCH3 is 1. The van der Waals surface area contributed by atoms with Crippen LogP contribution in [0.4, 0.5) is 0 Å². The van der Waals surface area contributed by atoms with Gasteiger partial charge in [-0.25, -0.2) is 0 Å². The first kappa shape index (κ1) is 23.4. The third kappa shape index (κ3) is 4.65. The molecule has 8 heteroatoms. The number of ether oxygens (including phenoxy) is 3. The van der Waals surface area contributed by atoms with E-state index in [9.17, 15) is 14.7 Å². The van der Waals surface area contributed by atoms with Crippen LogP contribution in [0.3, 0.4) is 0 Å². The molecule has 1 aliphatic rings. The lowest BCUT2D eigenvalue weighted by atomic mass is 9.98. The number of nitrogens with zero attached hydrogens (tertiary/aromatic N) is 1. The highest BCUT2D eigenvalue weighted by Crippen LogP contribution is 2.42. The Morgan fingerprint density at radius 2 is 1.88 bits per heavy atom. The molecule has 2 aromatic rings. The van der Waals surface area contributed by atoms with Gasteiger partial charge in [0.15, 0.2) is 0 Å². The number of Topliss-reactive ketones (excluding diaryl/α,β-unsaturated/α-hetero) is 1. The molecule has 1 saturated heterocycles. The van der Waals surface area contributed by atoms with E-state index in [4.69, 9.17) is 18.6 Å². The second-order valence-corrected chi connectivity index (χ2v) is 7.31. The van der Waals surface area contributed by atoms with Crippen LogP contribution in [0.15, 0.2) is 40.3 Å². The molecule has 3 rings (SSSR count). The number of furan rings is 1. The molecule has 0 spiro atoms. The summed E-state index contributed by atoms with van der Waals surface area (Å²) in [6, 6.07) is 7.58. The highest BCUT2D eigenvalue weighted by Gasteiger charge is 2.47. The molecule has 2 heterocycles. The van der Waals surface area contributed by atoms with E-state index in [0.29, 0.717) is 54.8 Å². The molecule has 1 atom stereocenters. The van der Waals surface area contributed by atoms with Crippen molar-refractivity contribution in [1.82, 2.24) is 4.90 Å². The molecule has 0 radical (unpaired) electrons. The number of aliphatic hydroxyl groups is 1. The van der Waals surface area contributed by atoms with E-state index in [1.54, 1.807) is 44.4 Å². The minimum atomic E-state index is -0.846. The molecule has 172 valence electrons. The van der Waals surface area contributed by atoms with Crippen molar-refractivity contribution in [1.29, 1.82) is 0 Å². The zero-order chi connectivity index (χ0) is 23.3. The number of hydrogen-bond acceptors (Lipinski definition) is 7. The topological polar surface area (TPSA) is 98.4 Å². The largest absolute Gasteiger partial charge is 0.507 e. The lowest BCUT2D eigenvalue weighted by molar-refractivity contribution is -0.140. The normalized spacial score (nSPS) is 17.8. The maximum Gasteiger partial charge on any atom is 0.295 e. The van der Waals surface area contributed by atoms with Crippen LogP contribution in [0.2, 0.25) is 0 Å². The molecule has 0 saturated carbocycles. The third-order valence-corrected chi connectivity index (χ3v) is 5.14. The van der Waals surface area contributed by atoms with Crippen LogP contribution in [0.25, 0.3) is 5.76 Å². The Labute approximate surface area is 187 Å². The van der Waals surface area contributed by atoms with Crippen LogP contribution in [-0.2, 0) is 14.3 Å². The van der Waals surface area contributed by atoms with Crippen LogP contribution in [0.5, 0.6) is 11.5 Å². The number of rotatable bonds is 10. The molecule has 1 aromatic heterocycles. The average molecular weight is 443 g/mol. The number of ketones is 1. The summed E-state index contributed by atoms with van der Waals surface area (Å²) in [6.45, 7) is 6.99. The third-order valence-electron chi connectivity index (χ3n) is 5.14. The van der Waals surface area contributed by atoms with Gasteiger partial charge in [0.05, 0.1) is 24.4 Å². The Hall–Kier alpha value is -3.26. The van der Waals surface area contributed by atoms with Crippen molar-refractivity contribution in [2.75, 3.05) is 33.5 Å². The number of benzene rings is 1. The van der Waals surface area contributed by atoms with E-state index in [0.717, 1.165) is 0 Å². The van der Waals surface area contributed by atoms with Gasteiger partial charge in [-0.05, 0) is 51.5 Å². The maximum absolute atomic E-state index is 13.0. The van der Waals surface area contributed by atoms with Gasteiger partial charge in [0.25, 0.3) is 11.7 Å². The minimum absolute atomic E-state index is 0.0353.